The highest BCUT2D eigenvalue weighted by molar-refractivity contribution is 5.62. The largest absolute Gasteiger partial charge is 0.366 e. The minimum absolute atomic E-state index is 0.742. The van der Waals surface area contributed by atoms with Crippen molar-refractivity contribution in [2.45, 2.75) is 31.2 Å². The summed E-state index contributed by atoms with van der Waals surface area (Å²) in [6.07, 6.45) is 4.09. The van der Waals surface area contributed by atoms with Crippen LogP contribution in [0.2, 0.25) is 0 Å². The Bertz CT molecular complexity index is 361. The van der Waals surface area contributed by atoms with E-state index in [4.69, 9.17) is 5.73 Å². The fourth-order valence-electron chi connectivity index (χ4n) is 3.34. The summed E-state index contributed by atoms with van der Waals surface area (Å²) in [7, 11) is 0. The van der Waals surface area contributed by atoms with Gasteiger partial charge in [0.2, 0.25) is 0 Å². The van der Waals surface area contributed by atoms with E-state index in [1.165, 1.54) is 24.9 Å². The van der Waals surface area contributed by atoms with Gasteiger partial charge < -0.3 is 10.6 Å². The summed E-state index contributed by atoms with van der Waals surface area (Å²) < 4.78 is 0. The number of benzene rings is 1. The molecule has 1 aromatic carbocycles. The molecule has 3 rings (SSSR count). The van der Waals surface area contributed by atoms with E-state index in [-0.39, 0.29) is 0 Å². The van der Waals surface area contributed by atoms with Crippen molar-refractivity contribution >= 4 is 5.69 Å². The Hall–Kier alpha value is -1.02. The average Bonchev–Trinajstić information content (AvgIpc) is 2.82. The van der Waals surface area contributed by atoms with Gasteiger partial charge in [0.05, 0.1) is 0 Å². The number of hydrogen-bond donors (Lipinski definition) is 1. The minimum atomic E-state index is 0.742. The van der Waals surface area contributed by atoms with Crippen molar-refractivity contribution in [2.24, 2.45) is 5.73 Å². The van der Waals surface area contributed by atoms with Crippen LogP contribution in [0.25, 0.3) is 0 Å². The molecule has 1 aliphatic carbocycles. The predicted molar refractivity (Wildman–Crippen MR) is 63.2 cm³/mol. The summed E-state index contributed by atoms with van der Waals surface area (Å²) in [6.45, 7) is 1.77. The number of fused-ring (bicyclic) bond motifs is 3. The van der Waals surface area contributed by atoms with Crippen molar-refractivity contribution in [1.82, 2.24) is 0 Å². The first-order valence-electron chi connectivity index (χ1n) is 5.97. The highest BCUT2D eigenvalue weighted by Crippen LogP contribution is 2.48. The fraction of sp³-hybridized carbons (Fsp3) is 0.538. The van der Waals surface area contributed by atoms with E-state index in [1.54, 1.807) is 5.56 Å². The highest BCUT2D eigenvalue weighted by Gasteiger charge is 2.40. The van der Waals surface area contributed by atoms with Crippen LogP contribution in [-0.4, -0.2) is 19.1 Å². The molecule has 0 unspecified atom stereocenters. The molecule has 2 heteroatoms. The second-order valence-corrected chi connectivity index (χ2v) is 4.65. The molecule has 1 heterocycles. The Morgan fingerprint density at radius 1 is 1.27 bits per heavy atom. The standard InChI is InChI=1S/C13H18N2/c14-8-9-15-12-6-2-1-4-10(12)11-5-3-7-13(11)15/h1-2,4,6,11,13H,3,5,7-9,14H2/t11-,13+/m1/s1. The van der Waals surface area contributed by atoms with Crippen LogP contribution in [0.3, 0.4) is 0 Å². The molecule has 2 nitrogen and oxygen atoms in total. The lowest BCUT2D eigenvalue weighted by Gasteiger charge is -2.26. The van der Waals surface area contributed by atoms with Gasteiger partial charge in [-0.05, 0) is 24.5 Å². The van der Waals surface area contributed by atoms with Crippen molar-refractivity contribution < 1.29 is 0 Å². The van der Waals surface area contributed by atoms with E-state index in [9.17, 15) is 0 Å². The lowest BCUT2D eigenvalue weighted by atomic mass is 9.98. The van der Waals surface area contributed by atoms with Crippen molar-refractivity contribution in [3.05, 3.63) is 29.8 Å². The summed E-state index contributed by atoms with van der Waals surface area (Å²) in [4.78, 5) is 2.53. The normalized spacial score (nSPS) is 27.9. The van der Waals surface area contributed by atoms with Gasteiger partial charge in [-0.15, -0.1) is 0 Å². The molecule has 15 heavy (non-hydrogen) atoms. The van der Waals surface area contributed by atoms with Crippen LogP contribution >= 0.6 is 0 Å². The third kappa shape index (κ3) is 1.28. The number of nitrogens with two attached hydrogens (primary N) is 1. The molecule has 0 aromatic heterocycles. The van der Waals surface area contributed by atoms with Gasteiger partial charge in [0, 0.05) is 30.7 Å². The number of rotatable bonds is 2. The van der Waals surface area contributed by atoms with Crippen molar-refractivity contribution in [3.63, 3.8) is 0 Å². The van der Waals surface area contributed by atoms with Gasteiger partial charge in [0.25, 0.3) is 0 Å². The van der Waals surface area contributed by atoms with Gasteiger partial charge in [-0.3, -0.25) is 0 Å². The first-order chi connectivity index (χ1) is 7.42. The SMILES string of the molecule is NCCN1c2ccccc2[C@H]2CCC[C@@H]21. The molecule has 2 N–H and O–H groups in total. The van der Waals surface area contributed by atoms with Gasteiger partial charge in [-0.25, -0.2) is 0 Å². The monoisotopic (exact) mass is 202 g/mol. The molecule has 1 fully saturated rings. The second kappa shape index (κ2) is 3.53. The lowest BCUT2D eigenvalue weighted by molar-refractivity contribution is 0.592. The zero-order valence-electron chi connectivity index (χ0n) is 9.02. The molecule has 80 valence electrons. The number of nitrogens with zero attached hydrogens (tertiary/aromatic N) is 1. The molecule has 1 saturated carbocycles. The van der Waals surface area contributed by atoms with E-state index in [0.29, 0.717) is 0 Å². The number of para-hydroxylation sites is 1. The van der Waals surface area contributed by atoms with Crippen LogP contribution < -0.4 is 10.6 Å². The maximum atomic E-state index is 5.71. The van der Waals surface area contributed by atoms with Gasteiger partial charge in [0.1, 0.15) is 0 Å². The Morgan fingerprint density at radius 2 is 2.13 bits per heavy atom. The fourth-order valence-corrected chi connectivity index (χ4v) is 3.34. The molecule has 2 atom stereocenters. The van der Waals surface area contributed by atoms with Crippen molar-refractivity contribution in [2.75, 3.05) is 18.0 Å². The highest BCUT2D eigenvalue weighted by atomic mass is 15.2. The van der Waals surface area contributed by atoms with E-state index in [1.807, 2.05) is 0 Å². The molecule has 0 saturated heterocycles. The van der Waals surface area contributed by atoms with Gasteiger partial charge in [-0.1, -0.05) is 24.6 Å². The topological polar surface area (TPSA) is 29.3 Å². The van der Waals surface area contributed by atoms with Crippen LogP contribution in [0.1, 0.15) is 30.7 Å². The quantitative estimate of drug-likeness (QED) is 0.795. The van der Waals surface area contributed by atoms with Crippen LogP contribution in [0.15, 0.2) is 24.3 Å². The lowest BCUT2D eigenvalue weighted by Crippen LogP contribution is -2.35. The third-order valence-corrected chi connectivity index (χ3v) is 3.90. The zero-order valence-corrected chi connectivity index (χ0v) is 9.02. The second-order valence-electron chi connectivity index (χ2n) is 4.65. The summed E-state index contributed by atoms with van der Waals surface area (Å²) in [5.41, 5.74) is 8.71. The Kier molecular flexibility index (Phi) is 2.17. The number of anilines is 1. The van der Waals surface area contributed by atoms with Crippen LogP contribution in [0, 0.1) is 0 Å². The molecular weight excluding hydrogens is 184 g/mol. The molecule has 1 aliphatic heterocycles. The average molecular weight is 202 g/mol. The molecule has 0 radical (unpaired) electrons. The van der Waals surface area contributed by atoms with E-state index in [0.717, 1.165) is 25.0 Å². The Labute approximate surface area is 91.1 Å². The molecule has 2 aliphatic rings. The van der Waals surface area contributed by atoms with E-state index < -0.39 is 0 Å². The third-order valence-electron chi connectivity index (χ3n) is 3.90. The molecule has 1 aromatic rings. The van der Waals surface area contributed by atoms with Crippen LogP contribution in [0.5, 0.6) is 0 Å². The van der Waals surface area contributed by atoms with E-state index >= 15 is 0 Å². The summed E-state index contributed by atoms with van der Waals surface area (Å²) >= 11 is 0. The van der Waals surface area contributed by atoms with Crippen molar-refractivity contribution in [3.8, 4) is 0 Å². The smallest absolute Gasteiger partial charge is 0.0405 e. The van der Waals surface area contributed by atoms with Gasteiger partial charge in [0.15, 0.2) is 0 Å². The van der Waals surface area contributed by atoms with Gasteiger partial charge >= 0.3 is 0 Å². The maximum Gasteiger partial charge on any atom is 0.0405 e. The van der Waals surface area contributed by atoms with Crippen LogP contribution in [-0.2, 0) is 0 Å². The maximum absolute atomic E-state index is 5.71. The zero-order chi connectivity index (χ0) is 10.3. The summed E-state index contributed by atoms with van der Waals surface area (Å²) in [5.74, 6) is 0.785. The molecule has 0 spiro atoms. The minimum Gasteiger partial charge on any atom is -0.366 e. The predicted octanol–water partition coefficient (Wildman–Crippen LogP) is 2.10. The molecular formula is C13H18N2. The Balaban J connectivity index is 2.02. The van der Waals surface area contributed by atoms with Crippen LogP contribution in [0.4, 0.5) is 5.69 Å². The summed E-state index contributed by atoms with van der Waals surface area (Å²) in [6, 6.07) is 9.60. The first-order valence-corrected chi connectivity index (χ1v) is 5.97. The van der Waals surface area contributed by atoms with E-state index in [2.05, 4.69) is 29.2 Å². The molecule has 0 amide bonds. The van der Waals surface area contributed by atoms with Gasteiger partial charge in [-0.2, -0.15) is 0 Å². The first kappa shape index (κ1) is 9.22. The number of hydrogen-bond acceptors (Lipinski definition) is 2. The van der Waals surface area contributed by atoms with Crippen molar-refractivity contribution in [1.29, 1.82) is 0 Å². The molecule has 0 bridgehead atoms. The Morgan fingerprint density at radius 3 is 3.00 bits per heavy atom. The summed E-state index contributed by atoms with van der Waals surface area (Å²) in [5, 5.41) is 0.